The van der Waals surface area contributed by atoms with Gasteiger partial charge in [-0.25, -0.2) is 4.79 Å². The van der Waals surface area contributed by atoms with Crippen molar-refractivity contribution < 1.29 is 19.1 Å². The number of anilines is 1. The smallest absolute Gasteiger partial charge is 0.338 e. The molecule has 0 aliphatic heterocycles. The monoisotopic (exact) mass is 398 g/mol. The number of carbonyl (C=O) groups is 2. The normalized spacial score (nSPS) is 10.2. The number of hydrogen-bond donors (Lipinski definition) is 1. The number of nitriles is 1. The molecule has 0 bridgehead atoms. The Morgan fingerprint density at radius 3 is 2.54 bits per heavy atom. The van der Waals surface area contributed by atoms with E-state index in [0.29, 0.717) is 29.5 Å². The molecule has 1 N–H and O–H groups in total. The van der Waals surface area contributed by atoms with Crippen LogP contribution in [0.4, 0.5) is 5.69 Å². The first kappa shape index (κ1) is 21.3. The fraction of sp³-hybridized carbons (Fsp3) is 0.286. The van der Waals surface area contributed by atoms with Gasteiger partial charge in [0.25, 0.3) is 5.91 Å². The van der Waals surface area contributed by atoms with E-state index in [9.17, 15) is 9.59 Å². The molecule has 0 aliphatic rings. The maximum absolute atomic E-state index is 12.1. The molecule has 0 unspecified atom stereocenters. The van der Waals surface area contributed by atoms with Crippen molar-refractivity contribution in [1.29, 1.82) is 5.26 Å². The largest absolute Gasteiger partial charge is 0.493 e. The minimum absolute atomic E-state index is 0.277. The van der Waals surface area contributed by atoms with Crippen LogP contribution in [-0.4, -0.2) is 30.8 Å². The third-order valence-electron chi connectivity index (χ3n) is 3.46. The van der Waals surface area contributed by atoms with E-state index < -0.39 is 18.5 Å². The molecule has 146 valence electrons. The molecule has 2 aromatic rings. The lowest BCUT2D eigenvalue weighted by atomic mass is 10.2. The number of carbonyl (C=O) groups excluding carboxylic acids is 2. The first-order valence-electron chi connectivity index (χ1n) is 8.78. The highest BCUT2D eigenvalue weighted by Crippen LogP contribution is 2.26. The van der Waals surface area contributed by atoms with Gasteiger partial charge in [0.1, 0.15) is 5.75 Å². The highest BCUT2D eigenvalue weighted by molar-refractivity contribution is 7.99. The molecule has 6 nitrogen and oxygen atoms in total. The molecule has 2 rings (SSSR count). The maximum Gasteiger partial charge on any atom is 0.338 e. The Labute approximate surface area is 168 Å². The van der Waals surface area contributed by atoms with Crippen LogP contribution in [0.25, 0.3) is 0 Å². The number of hydrogen-bond acceptors (Lipinski definition) is 6. The maximum atomic E-state index is 12.1. The van der Waals surface area contributed by atoms with Gasteiger partial charge in [-0.2, -0.15) is 5.26 Å². The summed E-state index contributed by atoms with van der Waals surface area (Å²) in [5, 5.41) is 11.4. The van der Waals surface area contributed by atoms with E-state index in [0.717, 1.165) is 4.90 Å². The van der Waals surface area contributed by atoms with Crippen LogP contribution in [0.1, 0.15) is 24.2 Å². The van der Waals surface area contributed by atoms with Gasteiger partial charge < -0.3 is 14.8 Å². The van der Waals surface area contributed by atoms with Crippen molar-refractivity contribution >= 4 is 29.3 Å². The summed E-state index contributed by atoms with van der Waals surface area (Å²) in [5.74, 6) is 0.327. The average molecular weight is 398 g/mol. The SMILES string of the molecule is CC(C)COc1ccc(C(=O)OCC(=O)Nc2ccccc2SCC#N)cc1. The Balaban J connectivity index is 1.86. The third-order valence-corrected chi connectivity index (χ3v) is 4.40. The lowest BCUT2D eigenvalue weighted by Crippen LogP contribution is -2.21. The predicted molar refractivity (Wildman–Crippen MR) is 108 cm³/mol. The number of amides is 1. The highest BCUT2D eigenvalue weighted by Gasteiger charge is 2.12. The molecule has 0 fully saturated rings. The number of nitrogens with one attached hydrogen (secondary N) is 1. The van der Waals surface area contributed by atoms with Crippen molar-refractivity contribution in [3.05, 3.63) is 54.1 Å². The topological polar surface area (TPSA) is 88.4 Å². The summed E-state index contributed by atoms with van der Waals surface area (Å²) in [6.07, 6.45) is 0. The molecule has 0 atom stereocenters. The van der Waals surface area contributed by atoms with Crippen molar-refractivity contribution in [3.63, 3.8) is 0 Å². The standard InChI is InChI=1S/C21H22N2O4S/c1-15(2)13-26-17-9-7-16(8-10-17)21(25)27-14-20(24)23-18-5-3-4-6-19(18)28-12-11-22/h3-10,15H,12-14H2,1-2H3,(H,23,24). The molecule has 0 saturated heterocycles. The summed E-state index contributed by atoms with van der Waals surface area (Å²) in [7, 11) is 0. The second-order valence-corrected chi connectivity index (χ2v) is 7.31. The van der Waals surface area contributed by atoms with Gasteiger partial charge in [-0.3, -0.25) is 4.79 Å². The Hall–Kier alpha value is -2.98. The van der Waals surface area contributed by atoms with E-state index in [-0.39, 0.29) is 5.75 Å². The minimum atomic E-state index is -0.585. The molecule has 2 aromatic carbocycles. The molecule has 7 heteroatoms. The van der Waals surface area contributed by atoms with Crippen LogP contribution in [0, 0.1) is 17.2 Å². The summed E-state index contributed by atoms with van der Waals surface area (Å²) >= 11 is 1.32. The molecule has 0 spiro atoms. The van der Waals surface area contributed by atoms with Crippen LogP contribution in [0.3, 0.4) is 0 Å². The zero-order chi connectivity index (χ0) is 20.4. The Morgan fingerprint density at radius 1 is 1.14 bits per heavy atom. The number of para-hydroxylation sites is 1. The van der Waals surface area contributed by atoms with Crippen molar-refractivity contribution in [2.45, 2.75) is 18.7 Å². The fourth-order valence-electron chi connectivity index (χ4n) is 2.16. The number of benzene rings is 2. The van der Waals surface area contributed by atoms with Gasteiger partial charge in [0.15, 0.2) is 6.61 Å². The Bertz CT molecular complexity index is 844. The zero-order valence-electron chi connectivity index (χ0n) is 15.8. The molecule has 0 saturated carbocycles. The van der Waals surface area contributed by atoms with Gasteiger partial charge in [0, 0.05) is 4.90 Å². The van der Waals surface area contributed by atoms with Crippen LogP contribution in [0.5, 0.6) is 5.75 Å². The molecule has 1 amide bonds. The van der Waals surface area contributed by atoms with Crippen molar-refractivity contribution in [2.24, 2.45) is 5.92 Å². The molecule has 0 radical (unpaired) electrons. The Kier molecular flexibility index (Phi) is 8.37. The second-order valence-electron chi connectivity index (χ2n) is 6.30. The third kappa shape index (κ3) is 6.97. The molecular weight excluding hydrogens is 376 g/mol. The fourth-order valence-corrected chi connectivity index (χ4v) is 2.83. The lowest BCUT2D eigenvalue weighted by molar-refractivity contribution is -0.119. The molecule has 28 heavy (non-hydrogen) atoms. The first-order chi connectivity index (χ1) is 13.5. The van der Waals surface area contributed by atoms with Crippen molar-refractivity contribution in [1.82, 2.24) is 0 Å². The van der Waals surface area contributed by atoms with Crippen LogP contribution in [-0.2, 0) is 9.53 Å². The summed E-state index contributed by atoms with van der Waals surface area (Å²) in [6, 6.07) is 15.8. The Morgan fingerprint density at radius 2 is 1.86 bits per heavy atom. The van der Waals surface area contributed by atoms with Gasteiger partial charge >= 0.3 is 5.97 Å². The molecular formula is C21H22N2O4S. The second kappa shape index (κ2) is 11.0. The van der Waals surface area contributed by atoms with Crippen LogP contribution < -0.4 is 10.1 Å². The quantitative estimate of drug-likeness (QED) is 0.505. The highest BCUT2D eigenvalue weighted by atomic mass is 32.2. The van der Waals surface area contributed by atoms with Crippen LogP contribution in [0.15, 0.2) is 53.4 Å². The van der Waals surface area contributed by atoms with E-state index in [1.165, 1.54) is 11.8 Å². The van der Waals surface area contributed by atoms with Gasteiger partial charge in [-0.15, -0.1) is 11.8 Å². The van der Waals surface area contributed by atoms with Crippen LogP contribution >= 0.6 is 11.8 Å². The molecule has 0 heterocycles. The van der Waals surface area contributed by atoms with Gasteiger partial charge in [0.2, 0.25) is 0 Å². The number of nitrogens with zero attached hydrogens (tertiary/aromatic N) is 1. The number of thioether (sulfide) groups is 1. The van der Waals surface area contributed by atoms with E-state index in [1.54, 1.807) is 36.4 Å². The van der Waals surface area contributed by atoms with Gasteiger partial charge in [-0.1, -0.05) is 26.0 Å². The molecule has 0 aromatic heterocycles. The van der Waals surface area contributed by atoms with E-state index in [2.05, 4.69) is 19.2 Å². The van der Waals surface area contributed by atoms with Gasteiger partial charge in [-0.05, 0) is 42.3 Å². The first-order valence-corrected chi connectivity index (χ1v) is 9.76. The van der Waals surface area contributed by atoms with Crippen LogP contribution in [0.2, 0.25) is 0 Å². The number of ether oxygens (including phenoxy) is 2. The average Bonchev–Trinajstić information content (AvgIpc) is 2.70. The minimum Gasteiger partial charge on any atom is -0.493 e. The summed E-state index contributed by atoms with van der Waals surface area (Å²) in [5.41, 5.74) is 0.921. The van der Waals surface area contributed by atoms with E-state index in [4.69, 9.17) is 14.7 Å². The lowest BCUT2D eigenvalue weighted by Gasteiger charge is -2.11. The van der Waals surface area contributed by atoms with Gasteiger partial charge in [0.05, 0.1) is 29.7 Å². The number of esters is 1. The summed E-state index contributed by atoms with van der Waals surface area (Å²) < 4.78 is 10.6. The number of rotatable bonds is 9. The van der Waals surface area contributed by atoms with E-state index in [1.807, 2.05) is 18.2 Å². The van der Waals surface area contributed by atoms with E-state index >= 15 is 0 Å². The van der Waals surface area contributed by atoms with Crippen molar-refractivity contribution in [3.8, 4) is 11.8 Å². The van der Waals surface area contributed by atoms with Crippen molar-refractivity contribution in [2.75, 3.05) is 24.3 Å². The zero-order valence-corrected chi connectivity index (χ0v) is 16.6. The molecule has 0 aliphatic carbocycles. The summed E-state index contributed by atoms with van der Waals surface area (Å²) in [6.45, 7) is 4.30. The summed E-state index contributed by atoms with van der Waals surface area (Å²) in [4.78, 5) is 25.0. The predicted octanol–water partition coefficient (Wildman–Crippen LogP) is 4.13.